The second-order valence-electron chi connectivity index (χ2n) is 6.61. The zero-order valence-electron chi connectivity index (χ0n) is 14.3. The van der Waals surface area contributed by atoms with Gasteiger partial charge in [0.25, 0.3) is 0 Å². The molecule has 9 heteroatoms. The summed E-state index contributed by atoms with van der Waals surface area (Å²) in [5, 5.41) is 22.0. The number of H-pyrrole nitrogens is 2. The maximum atomic E-state index is 12.9. The van der Waals surface area contributed by atoms with Crippen molar-refractivity contribution in [3.05, 3.63) is 47.0 Å². The van der Waals surface area contributed by atoms with Crippen LogP contribution in [-0.2, 0) is 6.54 Å². The molecule has 1 aliphatic rings. The molecule has 4 heterocycles. The van der Waals surface area contributed by atoms with Crippen molar-refractivity contribution in [2.24, 2.45) is 0 Å². The number of amides is 2. The van der Waals surface area contributed by atoms with Crippen molar-refractivity contribution in [2.45, 2.75) is 25.4 Å². The van der Waals surface area contributed by atoms with Gasteiger partial charge in [-0.2, -0.15) is 21.5 Å². The molecule has 0 saturated heterocycles. The standard InChI is InChI=1S/C18H17N7OS/c26-18(25(13-1-2-13)9-11-3-4-27-10-11)22-16-8-21-24-17(16)15-5-14-12(6-19-15)7-20-23-14/h3-8,10,13H,1-2,9H2,(H,20,23)(H,21,24)(H,22,26). The summed E-state index contributed by atoms with van der Waals surface area (Å²) in [4.78, 5) is 19.3. The molecule has 0 unspecified atom stereocenters. The van der Waals surface area contributed by atoms with E-state index in [-0.39, 0.29) is 6.03 Å². The van der Waals surface area contributed by atoms with Crippen molar-refractivity contribution in [3.63, 3.8) is 0 Å². The Morgan fingerprint density at radius 2 is 2.15 bits per heavy atom. The van der Waals surface area contributed by atoms with Crippen LogP contribution in [0.25, 0.3) is 22.3 Å². The molecular formula is C18H17N7OS. The van der Waals surface area contributed by atoms with Gasteiger partial charge in [0, 0.05) is 24.2 Å². The van der Waals surface area contributed by atoms with E-state index in [0.29, 0.717) is 29.7 Å². The van der Waals surface area contributed by atoms with E-state index in [9.17, 15) is 4.79 Å². The van der Waals surface area contributed by atoms with Gasteiger partial charge in [0.1, 0.15) is 5.69 Å². The first-order valence-corrected chi connectivity index (χ1v) is 9.64. The number of nitrogens with one attached hydrogen (secondary N) is 3. The van der Waals surface area contributed by atoms with Gasteiger partial charge in [0.05, 0.1) is 29.3 Å². The highest BCUT2D eigenvalue weighted by Crippen LogP contribution is 2.31. The highest BCUT2D eigenvalue weighted by atomic mass is 32.1. The number of carbonyl (C=O) groups is 1. The number of anilines is 1. The van der Waals surface area contributed by atoms with E-state index in [4.69, 9.17) is 0 Å². The average molecular weight is 379 g/mol. The van der Waals surface area contributed by atoms with Gasteiger partial charge < -0.3 is 10.2 Å². The average Bonchev–Trinajstić information content (AvgIpc) is 3.06. The third-order valence-corrected chi connectivity index (χ3v) is 5.37. The van der Waals surface area contributed by atoms with Crippen molar-refractivity contribution >= 4 is 34.0 Å². The second-order valence-corrected chi connectivity index (χ2v) is 7.39. The van der Waals surface area contributed by atoms with Crippen LogP contribution in [0.15, 0.2) is 41.5 Å². The van der Waals surface area contributed by atoms with Crippen molar-refractivity contribution in [3.8, 4) is 11.4 Å². The zero-order valence-corrected chi connectivity index (χ0v) is 15.2. The number of hydrogen-bond donors (Lipinski definition) is 3. The highest BCUT2D eigenvalue weighted by Gasteiger charge is 2.33. The SMILES string of the molecule is O=C(Nc1cn[nH]c1-c1cc2[nH]ncc2cn1)N(Cc1ccsc1)C1CC1. The third-order valence-electron chi connectivity index (χ3n) is 4.64. The van der Waals surface area contributed by atoms with E-state index in [1.807, 2.05) is 16.3 Å². The molecule has 1 fully saturated rings. The molecule has 5 rings (SSSR count). The molecule has 27 heavy (non-hydrogen) atoms. The summed E-state index contributed by atoms with van der Waals surface area (Å²) in [6, 6.07) is 4.13. The van der Waals surface area contributed by atoms with Crippen LogP contribution in [0.1, 0.15) is 18.4 Å². The van der Waals surface area contributed by atoms with Gasteiger partial charge in [-0.3, -0.25) is 15.2 Å². The van der Waals surface area contributed by atoms with Gasteiger partial charge in [-0.15, -0.1) is 0 Å². The monoisotopic (exact) mass is 379 g/mol. The van der Waals surface area contributed by atoms with Crippen LogP contribution < -0.4 is 5.32 Å². The molecule has 8 nitrogen and oxygen atoms in total. The van der Waals surface area contributed by atoms with Gasteiger partial charge >= 0.3 is 6.03 Å². The first-order chi connectivity index (χ1) is 13.3. The van der Waals surface area contributed by atoms with Crippen LogP contribution in [0.5, 0.6) is 0 Å². The van der Waals surface area contributed by atoms with Gasteiger partial charge in [0.15, 0.2) is 0 Å². The third kappa shape index (κ3) is 3.17. The number of hydrogen-bond acceptors (Lipinski definition) is 5. The van der Waals surface area contributed by atoms with E-state index in [0.717, 1.165) is 29.3 Å². The zero-order chi connectivity index (χ0) is 18.2. The van der Waals surface area contributed by atoms with E-state index in [1.54, 1.807) is 29.9 Å². The van der Waals surface area contributed by atoms with Crippen LogP contribution in [0, 0.1) is 0 Å². The predicted molar refractivity (Wildman–Crippen MR) is 103 cm³/mol. The molecule has 0 spiro atoms. The maximum absolute atomic E-state index is 12.9. The Hall–Kier alpha value is -3.20. The largest absolute Gasteiger partial charge is 0.322 e. The summed E-state index contributed by atoms with van der Waals surface area (Å²) in [6.45, 7) is 0.617. The Kier molecular flexibility index (Phi) is 3.86. The summed E-state index contributed by atoms with van der Waals surface area (Å²) in [7, 11) is 0. The number of thiophene rings is 1. The smallest absolute Gasteiger partial charge is 0.317 e. The molecule has 0 bridgehead atoms. The van der Waals surface area contributed by atoms with E-state index >= 15 is 0 Å². The maximum Gasteiger partial charge on any atom is 0.322 e. The van der Waals surface area contributed by atoms with E-state index in [2.05, 4.69) is 42.1 Å². The summed E-state index contributed by atoms with van der Waals surface area (Å²) in [5.41, 5.74) is 4.01. The lowest BCUT2D eigenvalue weighted by Gasteiger charge is -2.22. The molecular weight excluding hydrogens is 362 g/mol. The Morgan fingerprint density at radius 1 is 1.26 bits per heavy atom. The summed E-state index contributed by atoms with van der Waals surface area (Å²) < 4.78 is 0. The number of nitrogens with zero attached hydrogens (tertiary/aromatic N) is 4. The minimum Gasteiger partial charge on any atom is -0.317 e. The topological polar surface area (TPSA) is 103 Å². The van der Waals surface area contributed by atoms with Gasteiger partial charge in [0.2, 0.25) is 0 Å². The lowest BCUT2D eigenvalue weighted by molar-refractivity contribution is 0.206. The number of aromatic amines is 2. The number of rotatable bonds is 5. The van der Waals surface area contributed by atoms with E-state index < -0.39 is 0 Å². The lowest BCUT2D eigenvalue weighted by atomic mass is 10.2. The fourth-order valence-electron chi connectivity index (χ4n) is 3.07. The van der Waals surface area contributed by atoms with Crippen LogP contribution >= 0.6 is 11.3 Å². The Bertz CT molecular complexity index is 1080. The normalized spacial score (nSPS) is 13.8. The summed E-state index contributed by atoms with van der Waals surface area (Å²) in [5.74, 6) is 0. The Morgan fingerprint density at radius 3 is 2.96 bits per heavy atom. The van der Waals surface area contributed by atoms with Gasteiger partial charge in [-0.1, -0.05) is 0 Å². The quantitative estimate of drug-likeness (QED) is 0.493. The second kappa shape index (κ2) is 6.51. The van der Waals surface area contributed by atoms with E-state index in [1.165, 1.54) is 0 Å². The highest BCUT2D eigenvalue weighted by molar-refractivity contribution is 7.07. The number of urea groups is 1. The van der Waals surface area contributed by atoms with Crippen molar-refractivity contribution in [1.82, 2.24) is 30.3 Å². The first kappa shape index (κ1) is 16.0. The number of fused-ring (bicyclic) bond motifs is 1. The van der Waals surface area contributed by atoms with Crippen LogP contribution in [-0.4, -0.2) is 42.4 Å². The number of aromatic nitrogens is 5. The fraction of sp³-hybridized carbons (Fsp3) is 0.222. The van der Waals surface area contributed by atoms with Crippen molar-refractivity contribution in [2.75, 3.05) is 5.32 Å². The minimum absolute atomic E-state index is 0.117. The van der Waals surface area contributed by atoms with Crippen molar-refractivity contribution in [1.29, 1.82) is 0 Å². The molecule has 2 amide bonds. The van der Waals surface area contributed by atoms with Gasteiger partial charge in [-0.25, -0.2) is 4.79 Å². The fourth-order valence-corrected chi connectivity index (χ4v) is 3.73. The number of pyridine rings is 1. The molecule has 3 N–H and O–H groups in total. The summed E-state index contributed by atoms with van der Waals surface area (Å²) >= 11 is 1.64. The molecule has 136 valence electrons. The first-order valence-electron chi connectivity index (χ1n) is 8.69. The van der Waals surface area contributed by atoms with Crippen LogP contribution in [0.2, 0.25) is 0 Å². The lowest BCUT2D eigenvalue weighted by Crippen LogP contribution is -2.36. The van der Waals surface area contributed by atoms with Crippen LogP contribution in [0.3, 0.4) is 0 Å². The van der Waals surface area contributed by atoms with Crippen molar-refractivity contribution < 1.29 is 4.79 Å². The van der Waals surface area contributed by atoms with Gasteiger partial charge in [-0.05, 0) is 41.3 Å². The number of carbonyl (C=O) groups excluding carboxylic acids is 1. The molecule has 0 aliphatic heterocycles. The molecule has 0 aromatic carbocycles. The molecule has 0 atom stereocenters. The minimum atomic E-state index is -0.117. The predicted octanol–water partition coefficient (Wildman–Crippen LogP) is 3.61. The Balaban J connectivity index is 1.39. The Labute approximate surface area is 158 Å². The molecule has 4 aromatic rings. The summed E-state index contributed by atoms with van der Waals surface area (Å²) in [6.07, 6.45) is 7.18. The van der Waals surface area contributed by atoms with Crippen LogP contribution in [0.4, 0.5) is 10.5 Å². The molecule has 1 saturated carbocycles. The molecule has 1 aliphatic carbocycles. The molecule has 0 radical (unpaired) electrons. The molecule has 4 aromatic heterocycles.